The topological polar surface area (TPSA) is 64.1 Å². The predicted molar refractivity (Wildman–Crippen MR) is 96.0 cm³/mol. The predicted octanol–water partition coefficient (Wildman–Crippen LogP) is 4.53. The normalized spacial score (nSPS) is 12.5. The summed E-state index contributed by atoms with van der Waals surface area (Å²) in [6.45, 7) is 4.60. The lowest BCUT2D eigenvalue weighted by Crippen LogP contribution is -2.09. The number of hydrogen-bond donors (Lipinski definition) is 1. The van der Waals surface area contributed by atoms with Gasteiger partial charge in [-0.05, 0) is 18.2 Å². The Morgan fingerprint density at radius 3 is 2.88 bits per heavy atom. The number of amides is 1. The molecule has 0 bridgehead atoms. The number of thiophene rings is 1. The van der Waals surface area contributed by atoms with Gasteiger partial charge in [0.05, 0.1) is 4.88 Å². The summed E-state index contributed by atoms with van der Waals surface area (Å²) in [4.78, 5) is 14.3. The van der Waals surface area contributed by atoms with Crippen molar-refractivity contribution >= 4 is 33.7 Å². The summed E-state index contributed by atoms with van der Waals surface area (Å²) in [7, 11) is 0. The lowest BCUT2D eigenvalue weighted by atomic mass is 10.1. The van der Waals surface area contributed by atoms with Crippen LogP contribution in [0.4, 0.5) is 5.13 Å². The van der Waals surface area contributed by atoms with Gasteiger partial charge in [0.25, 0.3) is 5.91 Å². The Morgan fingerprint density at radius 2 is 2.08 bits per heavy atom. The molecule has 0 aliphatic carbocycles. The molecule has 2 aromatic heterocycles. The van der Waals surface area contributed by atoms with Gasteiger partial charge in [-0.15, -0.1) is 21.5 Å². The van der Waals surface area contributed by atoms with Gasteiger partial charge in [-0.2, -0.15) is 0 Å². The van der Waals surface area contributed by atoms with E-state index < -0.39 is 0 Å². The number of carbonyl (C=O) groups excluding carboxylic acids is 1. The van der Waals surface area contributed by atoms with E-state index in [2.05, 4.69) is 29.4 Å². The highest BCUT2D eigenvalue weighted by Crippen LogP contribution is 2.42. The van der Waals surface area contributed by atoms with Crippen LogP contribution in [-0.2, 0) is 6.61 Å². The van der Waals surface area contributed by atoms with E-state index in [1.54, 1.807) is 0 Å². The van der Waals surface area contributed by atoms with E-state index >= 15 is 0 Å². The molecular weight excluding hydrogens is 342 g/mol. The van der Waals surface area contributed by atoms with Gasteiger partial charge in [0.15, 0.2) is 0 Å². The Labute approximate surface area is 147 Å². The number of fused-ring (bicyclic) bond motifs is 3. The Balaban J connectivity index is 1.59. The Bertz CT molecular complexity index is 914. The molecule has 0 unspecified atom stereocenters. The molecule has 1 amide bonds. The summed E-state index contributed by atoms with van der Waals surface area (Å²) < 4.78 is 5.75. The fourth-order valence-electron chi connectivity index (χ4n) is 2.49. The molecule has 0 fully saturated rings. The average molecular weight is 357 g/mol. The number of nitrogens with zero attached hydrogens (tertiary/aromatic N) is 2. The number of nitrogens with one attached hydrogen (secondary N) is 1. The smallest absolute Gasteiger partial charge is 0.267 e. The highest BCUT2D eigenvalue weighted by molar-refractivity contribution is 7.18. The summed E-state index contributed by atoms with van der Waals surface area (Å²) in [6, 6.07) is 9.80. The molecule has 122 valence electrons. The van der Waals surface area contributed by atoms with Crippen LogP contribution in [0.1, 0.15) is 40.0 Å². The van der Waals surface area contributed by atoms with Crippen molar-refractivity contribution in [1.29, 1.82) is 0 Å². The first kappa shape index (κ1) is 15.3. The largest absolute Gasteiger partial charge is 0.488 e. The number of hydrogen-bond acceptors (Lipinski definition) is 6. The lowest BCUT2D eigenvalue weighted by Gasteiger charge is -2.16. The maximum atomic E-state index is 12.5. The second kappa shape index (κ2) is 5.99. The van der Waals surface area contributed by atoms with E-state index in [0.717, 1.165) is 26.8 Å². The van der Waals surface area contributed by atoms with Crippen molar-refractivity contribution in [2.75, 3.05) is 5.32 Å². The number of ether oxygens (including phenoxy) is 1. The number of benzene rings is 1. The van der Waals surface area contributed by atoms with Crippen molar-refractivity contribution in [2.45, 2.75) is 26.4 Å². The van der Waals surface area contributed by atoms with E-state index in [1.807, 2.05) is 30.3 Å². The fourth-order valence-corrected chi connectivity index (χ4v) is 4.32. The van der Waals surface area contributed by atoms with Crippen molar-refractivity contribution in [2.24, 2.45) is 0 Å². The third-order valence-corrected chi connectivity index (χ3v) is 6.05. The van der Waals surface area contributed by atoms with Crippen LogP contribution >= 0.6 is 22.7 Å². The van der Waals surface area contributed by atoms with Gasteiger partial charge in [-0.1, -0.05) is 37.3 Å². The second-order valence-electron chi connectivity index (χ2n) is 5.80. The van der Waals surface area contributed by atoms with Crippen LogP contribution in [0.2, 0.25) is 0 Å². The van der Waals surface area contributed by atoms with Crippen molar-refractivity contribution in [3.05, 3.63) is 45.8 Å². The molecule has 0 spiro atoms. The van der Waals surface area contributed by atoms with Crippen LogP contribution < -0.4 is 10.1 Å². The van der Waals surface area contributed by atoms with Crippen molar-refractivity contribution in [1.82, 2.24) is 10.2 Å². The quantitative estimate of drug-likeness (QED) is 0.748. The number of rotatable bonds is 3. The molecule has 4 rings (SSSR count). The molecule has 24 heavy (non-hydrogen) atoms. The van der Waals surface area contributed by atoms with E-state index in [-0.39, 0.29) is 5.91 Å². The van der Waals surface area contributed by atoms with Crippen LogP contribution in [0.5, 0.6) is 5.75 Å². The van der Waals surface area contributed by atoms with Crippen molar-refractivity contribution in [3.8, 4) is 16.2 Å². The second-order valence-corrected chi connectivity index (χ2v) is 7.87. The first-order chi connectivity index (χ1) is 11.6. The Morgan fingerprint density at radius 1 is 1.25 bits per heavy atom. The SMILES string of the molecule is CC(C)c1nnc(NC(=O)c2cc3c(s2)-c2ccccc2OC3)s1. The summed E-state index contributed by atoms with van der Waals surface area (Å²) >= 11 is 2.90. The molecule has 0 saturated heterocycles. The summed E-state index contributed by atoms with van der Waals surface area (Å²) in [5.74, 6) is 1.01. The molecule has 0 saturated carbocycles. The third kappa shape index (κ3) is 2.70. The highest BCUT2D eigenvalue weighted by atomic mass is 32.1. The first-order valence-corrected chi connectivity index (χ1v) is 9.25. The molecule has 1 aliphatic rings. The highest BCUT2D eigenvalue weighted by Gasteiger charge is 2.23. The zero-order valence-electron chi connectivity index (χ0n) is 13.2. The number of anilines is 1. The minimum atomic E-state index is -0.154. The van der Waals surface area contributed by atoms with E-state index in [4.69, 9.17) is 4.74 Å². The van der Waals surface area contributed by atoms with Gasteiger partial charge in [-0.25, -0.2) is 0 Å². The van der Waals surface area contributed by atoms with Crippen LogP contribution in [0.15, 0.2) is 30.3 Å². The molecule has 3 aromatic rings. The molecule has 7 heteroatoms. The molecule has 1 N–H and O–H groups in total. The van der Waals surface area contributed by atoms with E-state index in [0.29, 0.717) is 22.5 Å². The van der Waals surface area contributed by atoms with Gasteiger partial charge in [0.2, 0.25) is 5.13 Å². The Hall–Kier alpha value is -2.25. The van der Waals surface area contributed by atoms with Gasteiger partial charge in [-0.3, -0.25) is 10.1 Å². The average Bonchev–Trinajstić information content (AvgIpc) is 3.21. The molecule has 0 radical (unpaired) electrons. The maximum Gasteiger partial charge on any atom is 0.267 e. The van der Waals surface area contributed by atoms with Gasteiger partial charge in [0.1, 0.15) is 17.4 Å². The van der Waals surface area contributed by atoms with Gasteiger partial charge < -0.3 is 4.74 Å². The summed E-state index contributed by atoms with van der Waals surface area (Å²) in [6.07, 6.45) is 0. The van der Waals surface area contributed by atoms with E-state index in [1.165, 1.54) is 22.7 Å². The molecule has 5 nitrogen and oxygen atoms in total. The zero-order valence-corrected chi connectivity index (χ0v) is 14.8. The van der Waals surface area contributed by atoms with Crippen molar-refractivity contribution in [3.63, 3.8) is 0 Å². The van der Waals surface area contributed by atoms with Crippen LogP contribution in [-0.4, -0.2) is 16.1 Å². The monoisotopic (exact) mass is 357 g/mol. The Kier molecular flexibility index (Phi) is 3.82. The van der Waals surface area contributed by atoms with Crippen LogP contribution in [0.25, 0.3) is 10.4 Å². The van der Waals surface area contributed by atoms with Gasteiger partial charge in [0, 0.05) is 21.9 Å². The summed E-state index contributed by atoms with van der Waals surface area (Å²) in [5.41, 5.74) is 2.09. The van der Waals surface area contributed by atoms with Crippen LogP contribution in [0.3, 0.4) is 0 Å². The van der Waals surface area contributed by atoms with Crippen molar-refractivity contribution < 1.29 is 9.53 Å². The molecule has 1 aliphatic heterocycles. The maximum absolute atomic E-state index is 12.5. The molecular formula is C17H15N3O2S2. The van der Waals surface area contributed by atoms with Gasteiger partial charge >= 0.3 is 0 Å². The van der Waals surface area contributed by atoms with E-state index in [9.17, 15) is 4.79 Å². The number of carbonyl (C=O) groups is 1. The fraction of sp³-hybridized carbons (Fsp3) is 0.235. The first-order valence-electron chi connectivity index (χ1n) is 7.61. The number of aromatic nitrogens is 2. The summed E-state index contributed by atoms with van der Waals surface area (Å²) in [5, 5.41) is 12.4. The molecule has 3 heterocycles. The molecule has 1 aromatic carbocycles. The molecule has 0 atom stereocenters. The lowest BCUT2D eigenvalue weighted by molar-refractivity contribution is 0.103. The number of para-hydroxylation sites is 1. The standard InChI is InChI=1S/C17H15N3O2S2/c1-9(2)16-19-20-17(24-16)18-15(21)13-7-10-8-22-12-6-4-3-5-11(12)14(10)23-13/h3-7,9H,8H2,1-2H3,(H,18,20,21). The minimum Gasteiger partial charge on any atom is -0.488 e. The third-order valence-electron chi connectivity index (χ3n) is 3.70. The minimum absolute atomic E-state index is 0.154. The zero-order chi connectivity index (χ0) is 16.7. The van der Waals surface area contributed by atoms with Crippen LogP contribution in [0, 0.1) is 0 Å².